The van der Waals surface area contributed by atoms with E-state index in [1.54, 1.807) is 11.9 Å². The Morgan fingerprint density at radius 1 is 0.636 bits per heavy atom. The smallest absolute Gasteiger partial charge is 0.748 e. The molecule has 0 aromatic heterocycles. The monoisotopic (exact) mass is 497 g/mol. The summed E-state index contributed by atoms with van der Waals surface area (Å²) in [5.41, 5.74) is 0. The summed E-state index contributed by atoms with van der Waals surface area (Å²) in [7, 11) is -2.50. The number of hydrogen-bond donors (Lipinski definition) is 0. The molecule has 0 bridgehead atoms. The number of nitrogens with zero attached hydrogens (tertiary/aromatic N) is 1. The van der Waals surface area contributed by atoms with Crippen molar-refractivity contribution >= 4 is 16.0 Å². The van der Waals surface area contributed by atoms with Crippen molar-refractivity contribution in [2.75, 3.05) is 19.3 Å². The summed E-state index contributed by atoms with van der Waals surface area (Å²) >= 11 is 0. The molecule has 0 rings (SSSR count). The molecule has 0 spiro atoms. The molecule has 0 atom stereocenters. The summed E-state index contributed by atoms with van der Waals surface area (Å²) in [4.78, 5) is 13.5. The number of amides is 1. The largest absolute Gasteiger partial charge is 1.00 e. The van der Waals surface area contributed by atoms with Crippen molar-refractivity contribution < 1.29 is 47.3 Å². The molecule has 5 nitrogen and oxygen atoms in total. The van der Waals surface area contributed by atoms with Crippen LogP contribution in [0.3, 0.4) is 0 Å². The first-order chi connectivity index (χ1) is 15.4. The molecule has 0 aromatic rings. The van der Waals surface area contributed by atoms with Crippen molar-refractivity contribution in [1.82, 2.24) is 4.90 Å². The SMILES string of the molecule is CCCCCCCCCCCCCCCCCCCCCC(=O)N(C)CCCS(=O)(=O)[O-].[Na+]. The number of unbranched alkanes of at least 4 members (excludes halogenated alkanes) is 18. The summed E-state index contributed by atoms with van der Waals surface area (Å²) in [6, 6.07) is 0. The van der Waals surface area contributed by atoms with Gasteiger partial charge in [-0.3, -0.25) is 4.79 Å². The molecule has 1 amide bonds. The van der Waals surface area contributed by atoms with Crippen LogP contribution in [0.5, 0.6) is 0 Å². The number of carbonyl (C=O) groups excluding carboxylic acids is 1. The Balaban J connectivity index is 0. The second-order valence-corrected chi connectivity index (χ2v) is 11.1. The normalized spacial score (nSPS) is 11.4. The van der Waals surface area contributed by atoms with Gasteiger partial charge in [-0.15, -0.1) is 0 Å². The van der Waals surface area contributed by atoms with Crippen LogP contribution in [0.4, 0.5) is 0 Å². The predicted octanol–water partition coefficient (Wildman–Crippen LogP) is 4.21. The van der Waals surface area contributed by atoms with Gasteiger partial charge in [0.25, 0.3) is 0 Å². The van der Waals surface area contributed by atoms with E-state index < -0.39 is 15.9 Å². The van der Waals surface area contributed by atoms with Crippen molar-refractivity contribution in [3.05, 3.63) is 0 Å². The van der Waals surface area contributed by atoms with E-state index in [1.807, 2.05) is 0 Å². The molecule has 0 radical (unpaired) electrons. The Labute approximate surface area is 228 Å². The van der Waals surface area contributed by atoms with Crippen LogP contribution in [-0.4, -0.2) is 43.1 Å². The van der Waals surface area contributed by atoms with Crippen LogP contribution in [-0.2, 0) is 14.9 Å². The molecular formula is C26H52NNaO4S. The van der Waals surface area contributed by atoms with Crippen LogP contribution in [0, 0.1) is 0 Å². The zero-order chi connectivity index (χ0) is 23.9. The standard InChI is InChI=1S/C26H53NO4S.Na/c1-3-4-5-6-7-8-9-10-11-12-13-14-15-16-17-18-19-20-21-23-26(28)27(2)24-22-25-32(29,30)31;/h3-25H2,1-2H3,(H,29,30,31);/q;+1/p-1. The molecule has 0 fully saturated rings. The van der Waals surface area contributed by atoms with Crippen LogP contribution in [0.1, 0.15) is 142 Å². The Kier molecular flexibility index (Phi) is 27.4. The first-order valence-electron chi connectivity index (χ1n) is 13.5. The van der Waals surface area contributed by atoms with Gasteiger partial charge in [-0.25, -0.2) is 8.42 Å². The van der Waals surface area contributed by atoms with Gasteiger partial charge >= 0.3 is 29.6 Å². The summed E-state index contributed by atoms with van der Waals surface area (Å²) in [6.07, 6.45) is 26.1. The van der Waals surface area contributed by atoms with E-state index in [9.17, 15) is 17.8 Å². The minimum absolute atomic E-state index is 0. The third kappa shape index (κ3) is 28.5. The third-order valence-corrected chi connectivity index (χ3v) is 7.10. The summed E-state index contributed by atoms with van der Waals surface area (Å²) in [5, 5.41) is 0. The van der Waals surface area contributed by atoms with Gasteiger partial charge in [0.1, 0.15) is 0 Å². The van der Waals surface area contributed by atoms with Gasteiger partial charge < -0.3 is 9.45 Å². The van der Waals surface area contributed by atoms with E-state index in [0.29, 0.717) is 13.0 Å². The Hall–Kier alpha value is 0.380. The van der Waals surface area contributed by atoms with E-state index in [2.05, 4.69) is 6.92 Å². The number of carbonyl (C=O) groups is 1. The van der Waals surface area contributed by atoms with Crippen molar-refractivity contribution in [2.24, 2.45) is 0 Å². The molecule has 7 heteroatoms. The van der Waals surface area contributed by atoms with Gasteiger partial charge in [0.05, 0.1) is 10.1 Å². The molecule has 0 aliphatic carbocycles. The predicted molar refractivity (Wildman–Crippen MR) is 135 cm³/mol. The third-order valence-electron chi connectivity index (χ3n) is 6.31. The van der Waals surface area contributed by atoms with Gasteiger partial charge in [-0.05, 0) is 12.8 Å². The average Bonchev–Trinajstić information content (AvgIpc) is 2.74. The van der Waals surface area contributed by atoms with Crippen molar-refractivity contribution in [2.45, 2.75) is 142 Å². The molecule has 0 unspecified atom stereocenters. The zero-order valence-corrected chi connectivity index (χ0v) is 25.1. The fourth-order valence-electron chi connectivity index (χ4n) is 4.15. The van der Waals surface area contributed by atoms with Crippen molar-refractivity contribution in [3.63, 3.8) is 0 Å². The Morgan fingerprint density at radius 2 is 0.970 bits per heavy atom. The maximum absolute atomic E-state index is 12.0. The van der Waals surface area contributed by atoms with Crippen molar-refractivity contribution in [3.8, 4) is 0 Å². The topological polar surface area (TPSA) is 77.5 Å². The summed E-state index contributed by atoms with van der Waals surface area (Å²) < 4.78 is 31.8. The summed E-state index contributed by atoms with van der Waals surface area (Å²) in [6.45, 7) is 2.61. The first-order valence-corrected chi connectivity index (χ1v) is 15.1. The zero-order valence-electron chi connectivity index (χ0n) is 22.3. The molecule has 0 aliphatic heterocycles. The molecular weight excluding hydrogens is 445 g/mol. The van der Waals surface area contributed by atoms with E-state index in [-0.39, 0.29) is 41.9 Å². The minimum atomic E-state index is -4.18. The maximum atomic E-state index is 12.0. The van der Waals surface area contributed by atoms with E-state index in [1.165, 1.54) is 109 Å². The molecule has 192 valence electrons. The van der Waals surface area contributed by atoms with Crippen LogP contribution in [0.15, 0.2) is 0 Å². The molecule has 33 heavy (non-hydrogen) atoms. The molecule has 0 N–H and O–H groups in total. The molecule has 0 saturated carbocycles. The van der Waals surface area contributed by atoms with E-state index in [4.69, 9.17) is 0 Å². The fraction of sp³-hybridized carbons (Fsp3) is 0.962. The van der Waals surface area contributed by atoms with Gasteiger partial charge in [0.2, 0.25) is 5.91 Å². The van der Waals surface area contributed by atoms with Gasteiger partial charge in [-0.2, -0.15) is 0 Å². The molecule has 0 aliphatic rings. The number of rotatable bonds is 24. The minimum Gasteiger partial charge on any atom is -0.748 e. The summed E-state index contributed by atoms with van der Waals surface area (Å²) in [5.74, 6) is -0.357. The second-order valence-electron chi connectivity index (χ2n) is 9.54. The van der Waals surface area contributed by atoms with Gasteiger partial charge in [0.15, 0.2) is 0 Å². The molecule has 0 aromatic carbocycles. The number of hydrogen-bond acceptors (Lipinski definition) is 4. The van der Waals surface area contributed by atoms with E-state index >= 15 is 0 Å². The molecule has 0 heterocycles. The quantitative estimate of drug-likeness (QED) is 0.114. The van der Waals surface area contributed by atoms with Crippen LogP contribution in [0.25, 0.3) is 0 Å². The molecule has 0 saturated heterocycles. The fourth-order valence-corrected chi connectivity index (χ4v) is 4.63. The Bertz CT molecular complexity index is 528. The Morgan fingerprint density at radius 3 is 1.30 bits per heavy atom. The average molecular weight is 498 g/mol. The van der Waals surface area contributed by atoms with Gasteiger partial charge in [0, 0.05) is 25.8 Å². The van der Waals surface area contributed by atoms with Crippen LogP contribution in [0.2, 0.25) is 0 Å². The van der Waals surface area contributed by atoms with Crippen LogP contribution >= 0.6 is 0 Å². The van der Waals surface area contributed by atoms with Crippen molar-refractivity contribution in [1.29, 1.82) is 0 Å². The van der Waals surface area contributed by atoms with Crippen LogP contribution < -0.4 is 29.6 Å². The maximum Gasteiger partial charge on any atom is 1.00 e. The van der Waals surface area contributed by atoms with E-state index in [0.717, 1.165) is 12.8 Å². The first kappa shape index (κ1) is 35.5. The van der Waals surface area contributed by atoms with Gasteiger partial charge in [-0.1, -0.05) is 122 Å². The second kappa shape index (κ2) is 25.5.